The van der Waals surface area contributed by atoms with Crippen LogP contribution in [-0.2, 0) is 4.79 Å². The molecule has 1 heterocycles. The van der Waals surface area contributed by atoms with Crippen LogP contribution in [0, 0.1) is 11.3 Å². The second kappa shape index (κ2) is 3.12. The molecule has 4 nitrogen and oxygen atoms in total. The Morgan fingerprint density at radius 1 is 1.91 bits per heavy atom. The molecule has 56 valence electrons. The zero-order chi connectivity index (χ0) is 8.27. The van der Waals surface area contributed by atoms with E-state index >= 15 is 0 Å². The molecule has 0 aromatic carbocycles. The highest BCUT2D eigenvalue weighted by Gasteiger charge is 2.04. The van der Waals surface area contributed by atoms with Gasteiger partial charge in [-0.3, -0.25) is 4.79 Å². The lowest BCUT2D eigenvalue weighted by Crippen LogP contribution is -2.05. The van der Waals surface area contributed by atoms with Crippen molar-refractivity contribution in [2.75, 3.05) is 5.32 Å². The van der Waals surface area contributed by atoms with Gasteiger partial charge in [-0.1, -0.05) is 0 Å². The fourth-order valence-electron chi connectivity index (χ4n) is 0.574. The quantitative estimate of drug-likeness (QED) is 0.677. The normalized spacial score (nSPS) is 8.73. The van der Waals surface area contributed by atoms with Crippen molar-refractivity contribution in [3.63, 3.8) is 0 Å². The molecule has 0 spiro atoms. The second-order valence-electron chi connectivity index (χ2n) is 1.82. The Labute approximate surface area is 67.5 Å². The summed E-state index contributed by atoms with van der Waals surface area (Å²) >= 11 is 1.24. The Kier molecular flexibility index (Phi) is 2.18. The summed E-state index contributed by atoms with van der Waals surface area (Å²) in [7, 11) is 0. The Balaban J connectivity index is 2.87. The number of nitrogens with one attached hydrogen (secondary N) is 1. The first-order valence-electron chi connectivity index (χ1n) is 2.85. The lowest BCUT2D eigenvalue weighted by atomic mass is 10.5. The van der Waals surface area contributed by atoms with Crippen molar-refractivity contribution in [2.24, 2.45) is 0 Å². The highest BCUT2D eigenvalue weighted by atomic mass is 32.1. The standard InChI is InChI=1S/C6H5N3OS/c1-4(10)9-6-5(2-7)8-3-11-6/h3H,1H3,(H,9,10). The van der Waals surface area contributed by atoms with Crippen molar-refractivity contribution >= 4 is 22.2 Å². The molecule has 0 saturated carbocycles. The fourth-order valence-corrected chi connectivity index (χ4v) is 1.25. The summed E-state index contributed by atoms with van der Waals surface area (Å²) in [5, 5.41) is 11.5. The average Bonchev–Trinajstić information content (AvgIpc) is 2.34. The van der Waals surface area contributed by atoms with Gasteiger partial charge in [0.15, 0.2) is 5.69 Å². The molecular weight excluding hydrogens is 162 g/mol. The van der Waals surface area contributed by atoms with E-state index < -0.39 is 0 Å². The van der Waals surface area contributed by atoms with E-state index in [2.05, 4.69) is 10.3 Å². The van der Waals surface area contributed by atoms with Crippen LogP contribution in [0.5, 0.6) is 0 Å². The Bertz CT molecular complexity index is 312. The first-order valence-corrected chi connectivity index (χ1v) is 3.73. The van der Waals surface area contributed by atoms with Crippen LogP contribution in [0.25, 0.3) is 0 Å². The van der Waals surface area contributed by atoms with Crippen molar-refractivity contribution < 1.29 is 4.79 Å². The summed E-state index contributed by atoms with van der Waals surface area (Å²) in [6.45, 7) is 1.39. The zero-order valence-corrected chi connectivity index (χ0v) is 6.60. The molecule has 0 aliphatic rings. The third-order valence-electron chi connectivity index (χ3n) is 0.963. The topological polar surface area (TPSA) is 65.8 Å². The minimum absolute atomic E-state index is 0.189. The summed E-state index contributed by atoms with van der Waals surface area (Å²) in [4.78, 5) is 14.3. The number of amides is 1. The SMILES string of the molecule is CC(=O)Nc1scnc1C#N. The smallest absolute Gasteiger partial charge is 0.221 e. The van der Waals surface area contributed by atoms with Crippen LogP contribution in [0.4, 0.5) is 5.00 Å². The molecule has 0 aliphatic carbocycles. The monoisotopic (exact) mass is 167 g/mol. The third-order valence-corrected chi connectivity index (χ3v) is 1.70. The number of rotatable bonds is 1. The molecular formula is C6H5N3OS. The predicted molar refractivity (Wildman–Crippen MR) is 41.1 cm³/mol. The number of nitriles is 1. The molecule has 0 bridgehead atoms. The molecule has 0 radical (unpaired) electrons. The lowest BCUT2D eigenvalue weighted by molar-refractivity contribution is -0.114. The Morgan fingerprint density at radius 3 is 3.18 bits per heavy atom. The van der Waals surface area contributed by atoms with Gasteiger partial charge in [-0.15, -0.1) is 11.3 Å². The Hall–Kier alpha value is -1.41. The molecule has 1 aromatic rings. The van der Waals surface area contributed by atoms with E-state index in [0.29, 0.717) is 5.00 Å². The summed E-state index contributed by atoms with van der Waals surface area (Å²) in [6.07, 6.45) is 0. The van der Waals surface area contributed by atoms with E-state index in [9.17, 15) is 4.79 Å². The van der Waals surface area contributed by atoms with Crippen LogP contribution in [0.1, 0.15) is 12.6 Å². The van der Waals surface area contributed by atoms with Gasteiger partial charge in [0.05, 0.1) is 5.51 Å². The van der Waals surface area contributed by atoms with Gasteiger partial charge in [0.25, 0.3) is 0 Å². The van der Waals surface area contributed by atoms with Gasteiger partial charge < -0.3 is 5.32 Å². The maximum atomic E-state index is 10.5. The highest BCUT2D eigenvalue weighted by molar-refractivity contribution is 7.14. The molecule has 1 amide bonds. The first-order chi connectivity index (χ1) is 5.24. The number of hydrogen-bond donors (Lipinski definition) is 1. The van der Waals surface area contributed by atoms with Crippen LogP contribution < -0.4 is 5.32 Å². The van der Waals surface area contributed by atoms with E-state index in [1.165, 1.54) is 23.8 Å². The number of thiazole rings is 1. The molecule has 11 heavy (non-hydrogen) atoms. The fraction of sp³-hybridized carbons (Fsp3) is 0.167. The number of carbonyl (C=O) groups excluding carboxylic acids is 1. The summed E-state index contributed by atoms with van der Waals surface area (Å²) in [6, 6.07) is 1.87. The second-order valence-corrected chi connectivity index (χ2v) is 2.68. The third kappa shape index (κ3) is 1.75. The molecule has 1 rings (SSSR count). The predicted octanol–water partition coefficient (Wildman–Crippen LogP) is 0.973. The number of nitrogens with zero attached hydrogens (tertiary/aromatic N) is 2. The minimum Gasteiger partial charge on any atom is -0.315 e. The van der Waals surface area contributed by atoms with Crippen molar-refractivity contribution in [3.8, 4) is 6.07 Å². The molecule has 5 heteroatoms. The minimum atomic E-state index is -0.189. The average molecular weight is 167 g/mol. The molecule has 1 N–H and O–H groups in total. The van der Waals surface area contributed by atoms with Gasteiger partial charge in [0.1, 0.15) is 11.1 Å². The molecule has 0 unspecified atom stereocenters. The number of carbonyl (C=O) groups is 1. The number of anilines is 1. The van der Waals surface area contributed by atoms with Crippen LogP contribution in [0.2, 0.25) is 0 Å². The van der Waals surface area contributed by atoms with Crippen molar-refractivity contribution in [1.29, 1.82) is 5.26 Å². The van der Waals surface area contributed by atoms with E-state index in [1.54, 1.807) is 0 Å². The van der Waals surface area contributed by atoms with E-state index in [0.717, 1.165) is 0 Å². The molecule has 0 aliphatic heterocycles. The van der Waals surface area contributed by atoms with Crippen LogP contribution in [-0.4, -0.2) is 10.9 Å². The van der Waals surface area contributed by atoms with Crippen LogP contribution in [0.3, 0.4) is 0 Å². The van der Waals surface area contributed by atoms with E-state index in [1.807, 2.05) is 6.07 Å². The van der Waals surface area contributed by atoms with Gasteiger partial charge in [-0.05, 0) is 0 Å². The summed E-state index contributed by atoms with van der Waals surface area (Å²) < 4.78 is 0. The maximum Gasteiger partial charge on any atom is 0.221 e. The number of aromatic nitrogens is 1. The number of hydrogen-bond acceptors (Lipinski definition) is 4. The van der Waals surface area contributed by atoms with Crippen molar-refractivity contribution in [2.45, 2.75) is 6.92 Å². The lowest BCUT2D eigenvalue weighted by Gasteiger charge is -1.94. The summed E-state index contributed by atoms with van der Waals surface area (Å²) in [5.74, 6) is -0.189. The molecule has 1 aromatic heterocycles. The van der Waals surface area contributed by atoms with Gasteiger partial charge in [-0.25, -0.2) is 4.98 Å². The first kappa shape index (κ1) is 7.69. The Morgan fingerprint density at radius 2 is 2.64 bits per heavy atom. The molecule has 0 atom stereocenters. The maximum absolute atomic E-state index is 10.5. The largest absolute Gasteiger partial charge is 0.315 e. The molecule has 0 fully saturated rings. The van der Waals surface area contributed by atoms with Crippen molar-refractivity contribution in [1.82, 2.24) is 4.98 Å². The van der Waals surface area contributed by atoms with Gasteiger partial charge in [0, 0.05) is 6.92 Å². The van der Waals surface area contributed by atoms with E-state index in [4.69, 9.17) is 5.26 Å². The van der Waals surface area contributed by atoms with E-state index in [-0.39, 0.29) is 11.6 Å². The highest BCUT2D eigenvalue weighted by Crippen LogP contribution is 2.18. The summed E-state index contributed by atoms with van der Waals surface area (Å²) in [5.41, 5.74) is 1.79. The van der Waals surface area contributed by atoms with Gasteiger partial charge in [-0.2, -0.15) is 5.26 Å². The molecule has 0 saturated heterocycles. The van der Waals surface area contributed by atoms with Gasteiger partial charge in [0.2, 0.25) is 5.91 Å². The zero-order valence-electron chi connectivity index (χ0n) is 5.79. The van der Waals surface area contributed by atoms with Crippen molar-refractivity contribution in [3.05, 3.63) is 11.2 Å². The van der Waals surface area contributed by atoms with Gasteiger partial charge >= 0.3 is 0 Å². The van der Waals surface area contributed by atoms with Crippen LogP contribution in [0.15, 0.2) is 5.51 Å². The van der Waals surface area contributed by atoms with Crippen LogP contribution >= 0.6 is 11.3 Å².